The van der Waals surface area contributed by atoms with E-state index in [1.807, 2.05) is 0 Å². The Morgan fingerprint density at radius 2 is 1.86 bits per heavy atom. The minimum Gasteiger partial charge on any atom is -0.337 e. The van der Waals surface area contributed by atoms with Crippen LogP contribution in [0.15, 0.2) is 0 Å². The van der Waals surface area contributed by atoms with Gasteiger partial charge in [0.25, 0.3) is 0 Å². The van der Waals surface area contributed by atoms with E-state index in [9.17, 15) is 4.89 Å². The van der Waals surface area contributed by atoms with Gasteiger partial charge < -0.3 is 9.42 Å². The van der Waals surface area contributed by atoms with Crippen molar-refractivity contribution in [3.63, 3.8) is 0 Å². The maximum Gasteiger partial charge on any atom is 0.244 e. The van der Waals surface area contributed by atoms with Gasteiger partial charge in [-0.1, -0.05) is 39.1 Å². The van der Waals surface area contributed by atoms with Crippen molar-refractivity contribution in [3.8, 4) is 0 Å². The lowest BCUT2D eigenvalue weighted by Crippen LogP contribution is -1.97. The normalized spacial score (nSPS) is 16.2. The minimum atomic E-state index is -2.55. The first kappa shape index (κ1) is 14.9. The third-order valence-corrected chi connectivity index (χ3v) is 6.18. The Bertz CT molecular complexity index is 195. The first-order valence-corrected chi connectivity index (χ1v) is 9.21. The molecule has 1 N–H and O–H groups in total. The summed E-state index contributed by atoms with van der Waals surface area (Å²) in [6, 6.07) is 0. The monoisotopic (exact) mass is 256 g/mol. The molecule has 86 valence electrons. The standard InChI is InChI=1S/C9H21O2PS2/c1-8(2)5-6-11-12(10,13)14-7-9(3)4/h8-9H,5-7H2,1-4H3,(H,10,13). The molecule has 14 heavy (non-hydrogen) atoms. The van der Waals surface area contributed by atoms with Gasteiger partial charge in [-0.3, -0.25) is 0 Å². The Balaban J connectivity index is 3.67. The first-order chi connectivity index (χ1) is 6.33. The van der Waals surface area contributed by atoms with Gasteiger partial charge in [-0.25, -0.2) is 0 Å². The van der Waals surface area contributed by atoms with Crippen LogP contribution >= 0.6 is 17.1 Å². The van der Waals surface area contributed by atoms with Crippen molar-refractivity contribution >= 4 is 28.9 Å². The van der Waals surface area contributed by atoms with Gasteiger partial charge in [0.1, 0.15) is 0 Å². The van der Waals surface area contributed by atoms with Crippen LogP contribution in [-0.4, -0.2) is 17.3 Å². The molecule has 1 unspecified atom stereocenters. The summed E-state index contributed by atoms with van der Waals surface area (Å²) in [5.41, 5.74) is -2.55. The molecule has 0 saturated carbocycles. The summed E-state index contributed by atoms with van der Waals surface area (Å²) in [6.45, 7) is 9.06. The molecular formula is C9H21O2PS2. The SMILES string of the molecule is CC(C)CCOP(O)(=S)SCC(C)C. The predicted octanol–water partition coefficient (Wildman–Crippen LogP) is 3.66. The van der Waals surface area contributed by atoms with Gasteiger partial charge in [-0.05, 0) is 30.1 Å². The predicted molar refractivity (Wildman–Crippen MR) is 69.2 cm³/mol. The van der Waals surface area contributed by atoms with Crippen molar-refractivity contribution in [2.24, 2.45) is 11.8 Å². The van der Waals surface area contributed by atoms with Gasteiger partial charge in [-0.15, -0.1) is 0 Å². The van der Waals surface area contributed by atoms with E-state index in [2.05, 4.69) is 27.7 Å². The zero-order valence-corrected chi connectivity index (χ0v) is 11.9. The topological polar surface area (TPSA) is 29.5 Å². The van der Waals surface area contributed by atoms with E-state index in [-0.39, 0.29) is 0 Å². The highest BCUT2D eigenvalue weighted by atomic mass is 32.9. The van der Waals surface area contributed by atoms with Crippen LogP contribution in [-0.2, 0) is 16.3 Å². The van der Waals surface area contributed by atoms with Gasteiger partial charge in [-0.2, -0.15) is 0 Å². The molecule has 0 aromatic heterocycles. The van der Waals surface area contributed by atoms with Crippen molar-refractivity contribution in [2.75, 3.05) is 12.4 Å². The molecule has 0 aromatic rings. The smallest absolute Gasteiger partial charge is 0.244 e. The van der Waals surface area contributed by atoms with Crippen LogP contribution in [0.1, 0.15) is 34.1 Å². The fraction of sp³-hybridized carbons (Fsp3) is 1.00. The summed E-state index contributed by atoms with van der Waals surface area (Å²) in [7, 11) is 0. The van der Waals surface area contributed by atoms with E-state index in [0.29, 0.717) is 18.4 Å². The Morgan fingerprint density at radius 1 is 1.29 bits per heavy atom. The maximum absolute atomic E-state index is 9.74. The van der Waals surface area contributed by atoms with Crippen LogP contribution in [0.2, 0.25) is 0 Å². The zero-order valence-electron chi connectivity index (χ0n) is 9.40. The summed E-state index contributed by atoms with van der Waals surface area (Å²) in [6.07, 6.45) is 0.960. The second kappa shape index (κ2) is 7.24. The average Bonchev–Trinajstić information content (AvgIpc) is 2.00. The third kappa shape index (κ3) is 9.47. The fourth-order valence-electron chi connectivity index (χ4n) is 0.684. The molecule has 0 bridgehead atoms. The maximum atomic E-state index is 9.74. The van der Waals surface area contributed by atoms with E-state index in [0.717, 1.165) is 12.2 Å². The van der Waals surface area contributed by atoms with E-state index in [1.165, 1.54) is 11.4 Å². The summed E-state index contributed by atoms with van der Waals surface area (Å²) in [5.74, 6) is 2.01. The molecule has 0 aliphatic carbocycles. The largest absolute Gasteiger partial charge is 0.337 e. The molecule has 0 saturated heterocycles. The van der Waals surface area contributed by atoms with Crippen LogP contribution in [0.25, 0.3) is 0 Å². The molecule has 0 amide bonds. The quantitative estimate of drug-likeness (QED) is 0.704. The average molecular weight is 256 g/mol. The second-order valence-corrected chi connectivity index (χ2v) is 10.4. The lowest BCUT2D eigenvalue weighted by Gasteiger charge is -2.16. The third-order valence-electron chi connectivity index (χ3n) is 1.52. The molecular weight excluding hydrogens is 235 g/mol. The van der Waals surface area contributed by atoms with Crippen LogP contribution in [0, 0.1) is 11.8 Å². The Labute approximate surface area is 96.7 Å². The summed E-state index contributed by atoms with van der Waals surface area (Å²) in [4.78, 5) is 9.74. The van der Waals surface area contributed by atoms with Gasteiger partial charge in [0.2, 0.25) is 5.69 Å². The lowest BCUT2D eigenvalue weighted by atomic mass is 10.2. The van der Waals surface area contributed by atoms with Crippen LogP contribution < -0.4 is 0 Å². The van der Waals surface area contributed by atoms with E-state index < -0.39 is 5.69 Å². The zero-order chi connectivity index (χ0) is 11.2. The molecule has 0 fully saturated rings. The van der Waals surface area contributed by atoms with Crippen LogP contribution in [0.3, 0.4) is 0 Å². The lowest BCUT2D eigenvalue weighted by molar-refractivity contribution is 0.293. The van der Waals surface area contributed by atoms with Gasteiger partial charge in [0.15, 0.2) is 0 Å². The van der Waals surface area contributed by atoms with Gasteiger partial charge >= 0.3 is 0 Å². The summed E-state index contributed by atoms with van der Waals surface area (Å²) < 4.78 is 5.34. The highest BCUT2D eigenvalue weighted by molar-refractivity contribution is 8.67. The summed E-state index contributed by atoms with van der Waals surface area (Å²) in [5, 5.41) is 0. The first-order valence-electron chi connectivity index (χ1n) is 4.95. The molecule has 0 aromatic carbocycles. The van der Waals surface area contributed by atoms with Gasteiger partial charge in [0.05, 0.1) is 6.61 Å². The minimum absolute atomic E-state index is 0.545. The van der Waals surface area contributed by atoms with Crippen LogP contribution in [0.5, 0.6) is 0 Å². The molecule has 0 rings (SSSR count). The molecule has 5 heteroatoms. The van der Waals surface area contributed by atoms with Crippen LogP contribution in [0.4, 0.5) is 0 Å². The molecule has 0 heterocycles. The van der Waals surface area contributed by atoms with E-state index >= 15 is 0 Å². The van der Waals surface area contributed by atoms with E-state index in [1.54, 1.807) is 0 Å². The molecule has 1 atom stereocenters. The Hall–Kier alpha value is 0.920. The Kier molecular flexibility index (Phi) is 7.71. The van der Waals surface area contributed by atoms with Crippen molar-refractivity contribution in [1.82, 2.24) is 0 Å². The van der Waals surface area contributed by atoms with Crippen molar-refractivity contribution < 1.29 is 9.42 Å². The van der Waals surface area contributed by atoms with Crippen molar-refractivity contribution in [3.05, 3.63) is 0 Å². The molecule has 0 aliphatic heterocycles. The summed E-state index contributed by atoms with van der Waals surface area (Å²) >= 11 is 6.42. The van der Waals surface area contributed by atoms with Gasteiger partial charge in [0, 0.05) is 5.75 Å². The van der Waals surface area contributed by atoms with Crippen molar-refractivity contribution in [1.29, 1.82) is 0 Å². The second-order valence-electron chi connectivity index (χ2n) is 4.17. The molecule has 2 nitrogen and oxygen atoms in total. The highest BCUT2D eigenvalue weighted by Crippen LogP contribution is 2.56. The van der Waals surface area contributed by atoms with E-state index in [4.69, 9.17) is 16.3 Å². The molecule has 0 spiro atoms. The van der Waals surface area contributed by atoms with Crippen molar-refractivity contribution in [2.45, 2.75) is 34.1 Å². The number of rotatable bonds is 7. The highest BCUT2D eigenvalue weighted by Gasteiger charge is 2.15. The molecule has 0 radical (unpaired) electrons. The number of hydrogen-bond acceptors (Lipinski definition) is 3. The Morgan fingerprint density at radius 3 is 2.29 bits per heavy atom. The number of hydrogen-bond donors (Lipinski definition) is 1. The molecule has 0 aliphatic rings. The fourth-order valence-corrected chi connectivity index (χ4v) is 4.26.